The Kier molecular flexibility index (Phi) is 3.78. The molecule has 0 unspecified atom stereocenters. The van der Waals surface area contributed by atoms with Gasteiger partial charge in [-0.25, -0.2) is 9.89 Å². The minimum Gasteiger partial charge on any atom is -0.327 e. The van der Waals surface area contributed by atoms with E-state index in [4.69, 9.17) is 5.73 Å². The van der Waals surface area contributed by atoms with Gasteiger partial charge in [0.15, 0.2) is 5.16 Å². The highest BCUT2D eigenvalue weighted by atomic mass is 32.2. The molecule has 0 fully saturated rings. The number of thioether (sulfide) groups is 1. The van der Waals surface area contributed by atoms with Crippen LogP contribution in [0.25, 0.3) is 0 Å². The van der Waals surface area contributed by atoms with Crippen LogP contribution in [0.5, 0.6) is 0 Å². The molecule has 0 bridgehead atoms. The molecule has 72 valence electrons. The van der Waals surface area contributed by atoms with Crippen molar-refractivity contribution in [2.75, 3.05) is 12.3 Å². The Morgan fingerprint density at radius 3 is 3.00 bits per heavy atom. The number of nitrogens with one attached hydrogen (secondary N) is 1. The van der Waals surface area contributed by atoms with Crippen LogP contribution in [-0.4, -0.2) is 27.1 Å². The lowest BCUT2D eigenvalue weighted by molar-refractivity contribution is 0.766. The van der Waals surface area contributed by atoms with Crippen molar-refractivity contribution in [3.63, 3.8) is 0 Å². The highest BCUT2D eigenvalue weighted by Crippen LogP contribution is 2.11. The number of aromatic amines is 1. The molecule has 1 heterocycles. The van der Waals surface area contributed by atoms with Crippen LogP contribution in [0.2, 0.25) is 0 Å². The summed E-state index contributed by atoms with van der Waals surface area (Å²) in [7, 11) is 1.68. The van der Waals surface area contributed by atoms with E-state index in [2.05, 4.69) is 10.2 Å². The summed E-state index contributed by atoms with van der Waals surface area (Å²) in [5.74, 6) is 0.773. The highest BCUT2D eigenvalue weighted by Gasteiger charge is 2.01. The first-order valence-corrected chi connectivity index (χ1v) is 4.83. The van der Waals surface area contributed by atoms with Crippen LogP contribution in [-0.2, 0) is 7.05 Å². The van der Waals surface area contributed by atoms with Crippen molar-refractivity contribution in [1.82, 2.24) is 14.8 Å². The molecule has 0 amide bonds. The largest absolute Gasteiger partial charge is 0.343 e. The molecule has 1 rings (SSSR count). The Morgan fingerprint density at radius 2 is 2.46 bits per heavy atom. The lowest BCUT2D eigenvalue weighted by atomic mass is 10.5. The maximum absolute atomic E-state index is 10.9. The fourth-order valence-corrected chi connectivity index (χ4v) is 1.52. The standard InChI is InChI=1S/C7H12N4OS/c1-11-6(12)9-10-7(11)13-5-3-2-4-8/h2-3H,4-5,8H2,1H3,(H,9,12). The van der Waals surface area contributed by atoms with Crippen molar-refractivity contribution in [2.24, 2.45) is 12.8 Å². The number of rotatable bonds is 4. The molecule has 0 spiro atoms. The summed E-state index contributed by atoms with van der Waals surface area (Å²) in [6, 6.07) is 0. The Morgan fingerprint density at radius 1 is 1.69 bits per heavy atom. The van der Waals surface area contributed by atoms with Gasteiger partial charge >= 0.3 is 5.69 Å². The van der Waals surface area contributed by atoms with Crippen LogP contribution >= 0.6 is 11.8 Å². The predicted molar refractivity (Wildman–Crippen MR) is 52.7 cm³/mol. The van der Waals surface area contributed by atoms with E-state index in [1.807, 2.05) is 12.2 Å². The van der Waals surface area contributed by atoms with Gasteiger partial charge in [-0.2, -0.15) is 0 Å². The van der Waals surface area contributed by atoms with Gasteiger partial charge in [-0.15, -0.1) is 5.10 Å². The summed E-state index contributed by atoms with van der Waals surface area (Å²) in [5, 5.41) is 6.89. The van der Waals surface area contributed by atoms with Crippen LogP contribution in [0.15, 0.2) is 22.1 Å². The average Bonchev–Trinajstić information content (AvgIpc) is 2.43. The molecule has 0 aliphatic carbocycles. The third kappa shape index (κ3) is 2.74. The average molecular weight is 200 g/mol. The molecule has 0 aliphatic heterocycles. The lowest BCUT2D eigenvalue weighted by Gasteiger charge is -1.94. The second kappa shape index (κ2) is 4.88. The Balaban J connectivity index is 2.50. The number of aromatic nitrogens is 3. The van der Waals surface area contributed by atoms with Gasteiger partial charge in [0, 0.05) is 19.3 Å². The first-order chi connectivity index (χ1) is 6.25. The number of nitrogens with zero attached hydrogens (tertiary/aromatic N) is 2. The molecule has 1 aromatic heterocycles. The zero-order valence-electron chi connectivity index (χ0n) is 7.36. The van der Waals surface area contributed by atoms with Gasteiger partial charge in [-0.3, -0.25) is 4.57 Å². The van der Waals surface area contributed by atoms with Crippen molar-refractivity contribution in [1.29, 1.82) is 0 Å². The van der Waals surface area contributed by atoms with E-state index in [-0.39, 0.29) is 5.69 Å². The first kappa shape index (κ1) is 10.1. The van der Waals surface area contributed by atoms with Crippen LogP contribution in [0.3, 0.4) is 0 Å². The smallest absolute Gasteiger partial charge is 0.327 e. The summed E-state index contributed by atoms with van der Waals surface area (Å²) in [6.07, 6.45) is 3.82. The number of nitrogens with two attached hydrogens (primary N) is 1. The van der Waals surface area contributed by atoms with Crippen molar-refractivity contribution in [3.05, 3.63) is 22.6 Å². The zero-order valence-corrected chi connectivity index (χ0v) is 8.17. The highest BCUT2D eigenvalue weighted by molar-refractivity contribution is 7.99. The fraction of sp³-hybridized carbons (Fsp3) is 0.429. The summed E-state index contributed by atoms with van der Waals surface area (Å²) in [6.45, 7) is 0.542. The van der Waals surface area contributed by atoms with Crippen LogP contribution in [0, 0.1) is 0 Å². The molecule has 0 atom stereocenters. The lowest BCUT2D eigenvalue weighted by Crippen LogP contribution is -2.12. The Hall–Kier alpha value is -1.01. The van der Waals surface area contributed by atoms with E-state index >= 15 is 0 Å². The SMILES string of the molecule is Cn1c(SCC=CCN)n[nH]c1=O. The van der Waals surface area contributed by atoms with Gasteiger partial charge in [-0.1, -0.05) is 23.9 Å². The van der Waals surface area contributed by atoms with Gasteiger partial charge in [-0.05, 0) is 0 Å². The van der Waals surface area contributed by atoms with E-state index in [1.165, 1.54) is 16.3 Å². The third-order valence-electron chi connectivity index (χ3n) is 1.45. The molecule has 0 radical (unpaired) electrons. The quantitative estimate of drug-likeness (QED) is 0.517. The minimum absolute atomic E-state index is 0.190. The fourth-order valence-electron chi connectivity index (χ4n) is 0.749. The third-order valence-corrected chi connectivity index (χ3v) is 2.43. The maximum atomic E-state index is 10.9. The molecular formula is C7H12N4OS. The summed E-state index contributed by atoms with van der Waals surface area (Å²) in [5.41, 5.74) is 5.08. The van der Waals surface area contributed by atoms with Crippen molar-refractivity contribution >= 4 is 11.8 Å². The van der Waals surface area contributed by atoms with Crippen LogP contribution in [0.4, 0.5) is 0 Å². The Labute approximate surface area is 80.0 Å². The van der Waals surface area contributed by atoms with Crippen LogP contribution < -0.4 is 11.4 Å². The molecule has 3 N–H and O–H groups in total. The van der Waals surface area contributed by atoms with E-state index in [0.29, 0.717) is 11.7 Å². The normalized spacial score (nSPS) is 11.2. The zero-order chi connectivity index (χ0) is 9.68. The van der Waals surface area contributed by atoms with Gasteiger partial charge in [0.25, 0.3) is 0 Å². The van der Waals surface area contributed by atoms with E-state index in [0.717, 1.165) is 5.75 Å². The molecule has 6 heteroatoms. The van der Waals surface area contributed by atoms with Crippen molar-refractivity contribution < 1.29 is 0 Å². The summed E-state index contributed by atoms with van der Waals surface area (Å²) < 4.78 is 1.47. The monoisotopic (exact) mass is 200 g/mol. The molecule has 1 aromatic rings. The molecule has 0 aliphatic rings. The second-order valence-corrected chi connectivity index (χ2v) is 3.38. The molecule has 13 heavy (non-hydrogen) atoms. The molecule has 0 saturated carbocycles. The summed E-state index contributed by atoms with van der Waals surface area (Å²) in [4.78, 5) is 10.9. The van der Waals surface area contributed by atoms with Gasteiger partial charge in [0.05, 0.1) is 0 Å². The maximum Gasteiger partial charge on any atom is 0.343 e. The van der Waals surface area contributed by atoms with E-state index < -0.39 is 0 Å². The van der Waals surface area contributed by atoms with Crippen molar-refractivity contribution in [2.45, 2.75) is 5.16 Å². The molecule has 0 saturated heterocycles. The van der Waals surface area contributed by atoms with E-state index in [9.17, 15) is 4.79 Å². The number of H-pyrrole nitrogens is 1. The van der Waals surface area contributed by atoms with Gasteiger partial charge in [0.1, 0.15) is 0 Å². The molecular weight excluding hydrogens is 188 g/mol. The number of hydrogen-bond acceptors (Lipinski definition) is 4. The van der Waals surface area contributed by atoms with Gasteiger partial charge < -0.3 is 5.73 Å². The molecule has 5 nitrogen and oxygen atoms in total. The summed E-state index contributed by atoms with van der Waals surface area (Å²) >= 11 is 1.49. The minimum atomic E-state index is -0.190. The van der Waals surface area contributed by atoms with E-state index in [1.54, 1.807) is 7.05 Å². The van der Waals surface area contributed by atoms with Crippen LogP contribution in [0.1, 0.15) is 0 Å². The second-order valence-electron chi connectivity index (χ2n) is 2.39. The first-order valence-electron chi connectivity index (χ1n) is 3.85. The Bertz CT molecular complexity index is 341. The van der Waals surface area contributed by atoms with Crippen molar-refractivity contribution in [3.8, 4) is 0 Å². The topological polar surface area (TPSA) is 76.7 Å². The molecule has 0 aromatic carbocycles. The predicted octanol–water partition coefficient (Wildman–Crippen LogP) is -0.285. The van der Waals surface area contributed by atoms with Gasteiger partial charge in [0.2, 0.25) is 0 Å². The number of hydrogen-bond donors (Lipinski definition) is 2.